The van der Waals surface area contributed by atoms with Crippen LogP contribution in [-0.2, 0) is 0 Å². The highest BCUT2D eigenvalue weighted by atomic mass is 35.5. The first-order valence-electron chi connectivity index (χ1n) is 6.33. The van der Waals surface area contributed by atoms with Crippen molar-refractivity contribution in [2.45, 2.75) is 45.6 Å². The lowest BCUT2D eigenvalue weighted by Crippen LogP contribution is -2.39. The largest absolute Gasteiger partial charge is 0.361 e. The summed E-state index contributed by atoms with van der Waals surface area (Å²) in [4.78, 5) is 18.1. The Hall–Kier alpha value is -1.43. The van der Waals surface area contributed by atoms with Gasteiger partial charge in [0.05, 0.1) is 4.92 Å². The summed E-state index contributed by atoms with van der Waals surface area (Å²) in [5, 5.41) is 14.1. The first-order valence-corrected chi connectivity index (χ1v) is 6.71. The number of hydrogen-bond donors (Lipinski definition) is 1. The summed E-state index contributed by atoms with van der Waals surface area (Å²) >= 11 is 5.78. The number of anilines is 1. The molecule has 0 saturated heterocycles. The second-order valence-electron chi connectivity index (χ2n) is 5.55. The quantitative estimate of drug-likeness (QED) is 0.522. The third kappa shape index (κ3) is 2.94. The van der Waals surface area contributed by atoms with Gasteiger partial charge in [-0.25, -0.2) is 9.97 Å². The Morgan fingerprint density at radius 1 is 1.47 bits per heavy atom. The molecule has 0 radical (unpaired) electrons. The number of rotatable bonds is 3. The van der Waals surface area contributed by atoms with Gasteiger partial charge >= 0.3 is 5.69 Å². The number of hydrogen-bond acceptors (Lipinski definition) is 5. The molecular weight excluding hydrogens is 268 g/mol. The van der Waals surface area contributed by atoms with Gasteiger partial charge in [-0.3, -0.25) is 10.1 Å². The van der Waals surface area contributed by atoms with E-state index >= 15 is 0 Å². The highest BCUT2D eigenvalue weighted by Crippen LogP contribution is 2.39. The lowest BCUT2D eigenvalue weighted by atomic mass is 9.73. The van der Waals surface area contributed by atoms with Crippen LogP contribution in [-0.4, -0.2) is 20.9 Å². The Bertz CT molecular complexity index is 493. The first-order chi connectivity index (χ1) is 8.92. The molecule has 7 heteroatoms. The van der Waals surface area contributed by atoms with E-state index in [-0.39, 0.29) is 28.1 Å². The Kier molecular flexibility index (Phi) is 3.89. The molecular formula is C12H17ClN4O2. The molecule has 1 aromatic rings. The molecule has 0 spiro atoms. The summed E-state index contributed by atoms with van der Waals surface area (Å²) in [7, 11) is 0. The van der Waals surface area contributed by atoms with Crippen LogP contribution in [0.15, 0.2) is 6.33 Å². The lowest BCUT2D eigenvalue weighted by Gasteiger charge is -2.39. The summed E-state index contributed by atoms with van der Waals surface area (Å²) in [5.74, 6) is 0.213. The summed E-state index contributed by atoms with van der Waals surface area (Å²) < 4.78 is 0. The molecule has 6 nitrogen and oxygen atoms in total. The van der Waals surface area contributed by atoms with Crippen molar-refractivity contribution in [2.75, 3.05) is 5.32 Å². The Morgan fingerprint density at radius 3 is 2.84 bits per heavy atom. The minimum Gasteiger partial charge on any atom is -0.361 e. The molecule has 1 unspecified atom stereocenters. The van der Waals surface area contributed by atoms with Crippen molar-refractivity contribution in [3.8, 4) is 0 Å². The molecule has 1 fully saturated rings. The van der Waals surface area contributed by atoms with Crippen LogP contribution in [0.3, 0.4) is 0 Å². The molecule has 1 saturated carbocycles. The van der Waals surface area contributed by atoms with Crippen LogP contribution in [0.5, 0.6) is 0 Å². The molecule has 1 atom stereocenters. The monoisotopic (exact) mass is 284 g/mol. The van der Waals surface area contributed by atoms with E-state index in [1.54, 1.807) is 0 Å². The van der Waals surface area contributed by atoms with Crippen molar-refractivity contribution in [1.82, 2.24) is 9.97 Å². The third-order valence-electron chi connectivity index (χ3n) is 3.78. The van der Waals surface area contributed by atoms with Gasteiger partial charge in [-0.05, 0) is 18.3 Å². The average Bonchev–Trinajstić information content (AvgIpc) is 2.31. The molecule has 0 aromatic carbocycles. The standard InChI is InChI=1S/C12H17ClN4O2/c1-12(2)6-4-3-5-8(12)16-11-9(17(18)19)10(13)14-7-15-11/h7-8H,3-6H2,1-2H3,(H,14,15,16). The maximum absolute atomic E-state index is 11.0. The van der Waals surface area contributed by atoms with Crippen molar-refractivity contribution in [2.24, 2.45) is 5.41 Å². The van der Waals surface area contributed by atoms with Gasteiger partial charge in [0.25, 0.3) is 0 Å². The number of nitro groups is 1. The van der Waals surface area contributed by atoms with E-state index in [1.165, 1.54) is 12.7 Å². The highest BCUT2D eigenvalue weighted by Gasteiger charge is 2.34. The average molecular weight is 285 g/mol. The zero-order valence-corrected chi connectivity index (χ0v) is 11.8. The van der Waals surface area contributed by atoms with Gasteiger partial charge in [0.15, 0.2) is 0 Å². The maximum Gasteiger partial charge on any atom is 0.348 e. The van der Waals surface area contributed by atoms with E-state index in [9.17, 15) is 10.1 Å². The van der Waals surface area contributed by atoms with Crippen molar-refractivity contribution < 1.29 is 4.92 Å². The maximum atomic E-state index is 11.0. The minimum atomic E-state index is -0.541. The van der Waals surface area contributed by atoms with Crippen LogP contribution in [0.2, 0.25) is 5.15 Å². The highest BCUT2D eigenvalue weighted by molar-refractivity contribution is 6.31. The van der Waals surface area contributed by atoms with E-state index < -0.39 is 4.92 Å². The van der Waals surface area contributed by atoms with Crippen LogP contribution in [0.1, 0.15) is 39.5 Å². The van der Waals surface area contributed by atoms with Crippen molar-refractivity contribution in [1.29, 1.82) is 0 Å². The minimum absolute atomic E-state index is 0.0868. The second kappa shape index (κ2) is 5.28. The molecule has 0 aliphatic heterocycles. The van der Waals surface area contributed by atoms with Gasteiger partial charge in [-0.2, -0.15) is 0 Å². The van der Waals surface area contributed by atoms with Gasteiger partial charge in [0.1, 0.15) is 6.33 Å². The number of nitrogens with zero attached hydrogens (tertiary/aromatic N) is 3. The Labute approximate surface area is 116 Å². The summed E-state index contributed by atoms with van der Waals surface area (Å²) in [6.45, 7) is 4.33. The van der Waals surface area contributed by atoms with Crippen molar-refractivity contribution in [3.05, 3.63) is 21.6 Å². The predicted molar refractivity (Wildman–Crippen MR) is 73.4 cm³/mol. The summed E-state index contributed by atoms with van der Waals surface area (Å²) in [6, 6.07) is 0.158. The van der Waals surface area contributed by atoms with E-state index in [2.05, 4.69) is 29.1 Å². The summed E-state index contributed by atoms with van der Waals surface area (Å²) in [6.07, 6.45) is 5.63. The van der Waals surface area contributed by atoms with Crippen LogP contribution >= 0.6 is 11.6 Å². The molecule has 1 aliphatic carbocycles. The van der Waals surface area contributed by atoms with Crippen LogP contribution in [0.25, 0.3) is 0 Å². The molecule has 1 N–H and O–H groups in total. The Morgan fingerprint density at radius 2 is 2.21 bits per heavy atom. The van der Waals surface area contributed by atoms with E-state index in [1.807, 2.05) is 0 Å². The van der Waals surface area contributed by atoms with Crippen LogP contribution < -0.4 is 5.32 Å². The molecule has 0 bridgehead atoms. The predicted octanol–water partition coefficient (Wildman–Crippen LogP) is 3.42. The topological polar surface area (TPSA) is 81.0 Å². The molecule has 2 rings (SSSR count). The second-order valence-corrected chi connectivity index (χ2v) is 5.91. The molecule has 1 heterocycles. The number of nitrogens with one attached hydrogen (secondary N) is 1. The van der Waals surface area contributed by atoms with Crippen LogP contribution in [0, 0.1) is 15.5 Å². The zero-order chi connectivity index (χ0) is 14.0. The molecule has 0 amide bonds. The zero-order valence-electron chi connectivity index (χ0n) is 11.0. The molecule has 104 valence electrons. The fraction of sp³-hybridized carbons (Fsp3) is 0.667. The normalized spacial score (nSPS) is 21.9. The fourth-order valence-electron chi connectivity index (χ4n) is 2.55. The van der Waals surface area contributed by atoms with Gasteiger partial charge in [0, 0.05) is 6.04 Å². The molecule has 1 aliphatic rings. The lowest BCUT2D eigenvalue weighted by molar-refractivity contribution is -0.384. The van der Waals surface area contributed by atoms with Crippen molar-refractivity contribution >= 4 is 23.1 Å². The SMILES string of the molecule is CC1(C)CCCCC1Nc1ncnc(Cl)c1[N+](=O)[O-]. The number of halogens is 1. The number of aromatic nitrogens is 2. The third-order valence-corrected chi connectivity index (χ3v) is 4.05. The van der Waals surface area contributed by atoms with E-state index in [4.69, 9.17) is 11.6 Å². The Balaban J connectivity index is 2.28. The van der Waals surface area contributed by atoms with Gasteiger partial charge in [0.2, 0.25) is 11.0 Å². The summed E-state index contributed by atoms with van der Waals surface area (Å²) in [5.41, 5.74) is -0.158. The molecule has 19 heavy (non-hydrogen) atoms. The van der Waals surface area contributed by atoms with E-state index in [0.717, 1.165) is 19.3 Å². The van der Waals surface area contributed by atoms with E-state index in [0.29, 0.717) is 0 Å². The van der Waals surface area contributed by atoms with Crippen LogP contribution in [0.4, 0.5) is 11.5 Å². The van der Waals surface area contributed by atoms with Gasteiger partial charge in [-0.1, -0.05) is 38.3 Å². The van der Waals surface area contributed by atoms with Gasteiger partial charge < -0.3 is 5.32 Å². The van der Waals surface area contributed by atoms with Gasteiger partial charge in [-0.15, -0.1) is 0 Å². The smallest absolute Gasteiger partial charge is 0.348 e. The van der Waals surface area contributed by atoms with Crippen molar-refractivity contribution in [3.63, 3.8) is 0 Å². The molecule has 1 aromatic heterocycles. The fourth-order valence-corrected chi connectivity index (χ4v) is 2.75. The first kappa shape index (κ1) is 14.0.